The van der Waals surface area contributed by atoms with Crippen LogP contribution in [0.25, 0.3) is 0 Å². The topological polar surface area (TPSA) is 65.4 Å². The summed E-state index contributed by atoms with van der Waals surface area (Å²) in [6, 6.07) is 2.03. The average Bonchev–Trinajstić information content (AvgIpc) is 2.27. The number of nitriles is 1. The molecule has 0 unspecified atom stereocenters. The first-order chi connectivity index (χ1) is 7.05. The summed E-state index contributed by atoms with van der Waals surface area (Å²) in [5, 5.41) is 11.5. The zero-order chi connectivity index (χ0) is 11.3. The van der Waals surface area contributed by atoms with Crippen molar-refractivity contribution in [2.45, 2.75) is 13.8 Å². The number of rotatable bonds is 2. The minimum absolute atomic E-state index is 0.110. The molecule has 0 radical (unpaired) electrons. The van der Waals surface area contributed by atoms with E-state index in [0.29, 0.717) is 32.8 Å². The maximum atomic E-state index is 11.6. The first-order valence-electron chi connectivity index (χ1n) is 5.07. The van der Waals surface area contributed by atoms with Gasteiger partial charge in [-0.3, -0.25) is 0 Å². The van der Waals surface area contributed by atoms with Gasteiger partial charge in [-0.05, 0) is 13.8 Å². The van der Waals surface area contributed by atoms with Crippen LogP contribution in [0.1, 0.15) is 13.8 Å². The number of hydrogen-bond acceptors (Lipinski definition) is 3. The second-order valence-electron chi connectivity index (χ2n) is 4.25. The summed E-state index contributed by atoms with van der Waals surface area (Å²) < 4.78 is 5.14. The van der Waals surface area contributed by atoms with Crippen molar-refractivity contribution in [3.05, 3.63) is 0 Å². The van der Waals surface area contributed by atoms with Crippen molar-refractivity contribution in [1.82, 2.24) is 10.2 Å². The Labute approximate surface area is 90.0 Å². The van der Waals surface area contributed by atoms with Gasteiger partial charge in [-0.1, -0.05) is 0 Å². The Morgan fingerprint density at radius 2 is 2.13 bits per heavy atom. The molecule has 5 nitrogen and oxygen atoms in total. The monoisotopic (exact) mass is 211 g/mol. The van der Waals surface area contributed by atoms with E-state index in [-0.39, 0.29) is 6.03 Å². The fraction of sp³-hybridized carbons (Fsp3) is 0.800. The van der Waals surface area contributed by atoms with Crippen molar-refractivity contribution in [2.24, 2.45) is 5.41 Å². The van der Waals surface area contributed by atoms with Crippen LogP contribution in [0.3, 0.4) is 0 Å². The highest BCUT2D eigenvalue weighted by Crippen LogP contribution is 2.10. The average molecular weight is 211 g/mol. The third kappa shape index (κ3) is 3.76. The number of urea groups is 1. The van der Waals surface area contributed by atoms with Crippen molar-refractivity contribution >= 4 is 6.03 Å². The number of carbonyl (C=O) groups excluding carboxylic acids is 1. The van der Waals surface area contributed by atoms with Crippen LogP contribution in [0.5, 0.6) is 0 Å². The molecule has 15 heavy (non-hydrogen) atoms. The van der Waals surface area contributed by atoms with Gasteiger partial charge in [0.2, 0.25) is 0 Å². The van der Waals surface area contributed by atoms with Crippen LogP contribution in [-0.4, -0.2) is 43.8 Å². The molecule has 1 aliphatic rings. The largest absolute Gasteiger partial charge is 0.378 e. The lowest BCUT2D eigenvalue weighted by atomic mass is 9.96. The fourth-order valence-corrected chi connectivity index (χ4v) is 1.21. The van der Waals surface area contributed by atoms with Crippen molar-refractivity contribution in [3.63, 3.8) is 0 Å². The van der Waals surface area contributed by atoms with E-state index in [1.165, 1.54) is 0 Å². The van der Waals surface area contributed by atoms with Crippen LogP contribution in [0.15, 0.2) is 0 Å². The standard InChI is InChI=1S/C10H17N3O2/c1-10(2,7-11)8-12-9(14)13-3-5-15-6-4-13/h3-6,8H2,1-2H3,(H,12,14). The number of ether oxygens (including phenoxy) is 1. The molecule has 5 heteroatoms. The van der Waals surface area contributed by atoms with Gasteiger partial charge in [-0.2, -0.15) is 5.26 Å². The minimum Gasteiger partial charge on any atom is -0.378 e. The lowest BCUT2D eigenvalue weighted by Gasteiger charge is -2.28. The molecule has 0 spiro atoms. The van der Waals surface area contributed by atoms with Crippen LogP contribution in [0, 0.1) is 16.7 Å². The van der Waals surface area contributed by atoms with E-state index in [4.69, 9.17) is 10.00 Å². The molecular formula is C10H17N3O2. The van der Waals surface area contributed by atoms with Crippen LogP contribution < -0.4 is 5.32 Å². The molecule has 0 aliphatic carbocycles. The molecule has 1 heterocycles. The number of morpholine rings is 1. The first-order valence-corrected chi connectivity index (χ1v) is 5.07. The van der Waals surface area contributed by atoms with Crippen LogP contribution in [-0.2, 0) is 4.74 Å². The summed E-state index contributed by atoms with van der Waals surface area (Å²) >= 11 is 0. The number of carbonyl (C=O) groups is 1. The summed E-state index contributed by atoms with van der Waals surface area (Å²) in [5.41, 5.74) is -0.512. The van der Waals surface area contributed by atoms with E-state index in [1.807, 2.05) is 0 Å². The van der Waals surface area contributed by atoms with Crippen LogP contribution in [0.4, 0.5) is 4.79 Å². The summed E-state index contributed by atoms with van der Waals surface area (Å²) in [7, 11) is 0. The van der Waals surface area contributed by atoms with Gasteiger partial charge in [0, 0.05) is 19.6 Å². The minimum atomic E-state index is -0.512. The molecule has 0 aromatic heterocycles. The zero-order valence-corrected chi connectivity index (χ0v) is 9.25. The molecule has 0 saturated carbocycles. The van der Waals surface area contributed by atoms with Gasteiger partial charge in [0.05, 0.1) is 24.7 Å². The van der Waals surface area contributed by atoms with Gasteiger partial charge >= 0.3 is 6.03 Å². The Bertz CT molecular complexity index is 264. The predicted molar refractivity (Wildman–Crippen MR) is 55.2 cm³/mol. The van der Waals surface area contributed by atoms with Crippen LogP contribution >= 0.6 is 0 Å². The quantitative estimate of drug-likeness (QED) is 0.726. The van der Waals surface area contributed by atoms with Crippen LogP contribution in [0.2, 0.25) is 0 Å². The van der Waals surface area contributed by atoms with E-state index in [1.54, 1.807) is 18.7 Å². The highest BCUT2D eigenvalue weighted by atomic mass is 16.5. The molecule has 2 amide bonds. The number of nitrogens with zero attached hydrogens (tertiary/aromatic N) is 2. The molecule has 0 atom stereocenters. The van der Waals surface area contributed by atoms with Crippen molar-refractivity contribution in [2.75, 3.05) is 32.8 Å². The second-order valence-corrected chi connectivity index (χ2v) is 4.25. The van der Waals surface area contributed by atoms with E-state index < -0.39 is 5.41 Å². The predicted octanol–water partition coefficient (Wildman–Crippen LogP) is 0.578. The van der Waals surface area contributed by atoms with E-state index in [2.05, 4.69) is 11.4 Å². The lowest BCUT2D eigenvalue weighted by Crippen LogP contribution is -2.48. The molecule has 0 aromatic rings. The van der Waals surface area contributed by atoms with E-state index in [0.717, 1.165) is 0 Å². The first kappa shape index (κ1) is 11.8. The summed E-state index contributed by atoms with van der Waals surface area (Å²) in [5.74, 6) is 0. The number of amides is 2. The Morgan fingerprint density at radius 3 is 2.67 bits per heavy atom. The van der Waals surface area contributed by atoms with E-state index in [9.17, 15) is 4.79 Å². The Kier molecular flexibility index (Phi) is 3.92. The maximum absolute atomic E-state index is 11.6. The summed E-state index contributed by atoms with van der Waals surface area (Å²) in [6.07, 6.45) is 0. The van der Waals surface area contributed by atoms with Crippen molar-refractivity contribution in [1.29, 1.82) is 5.26 Å². The molecule has 1 fully saturated rings. The molecule has 1 aliphatic heterocycles. The maximum Gasteiger partial charge on any atom is 0.317 e. The van der Waals surface area contributed by atoms with E-state index >= 15 is 0 Å². The van der Waals surface area contributed by atoms with Gasteiger partial charge in [-0.15, -0.1) is 0 Å². The van der Waals surface area contributed by atoms with Gasteiger partial charge in [0.25, 0.3) is 0 Å². The van der Waals surface area contributed by atoms with Gasteiger partial charge in [0.1, 0.15) is 0 Å². The third-order valence-electron chi connectivity index (χ3n) is 2.28. The molecule has 84 valence electrons. The SMILES string of the molecule is CC(C)(C#N)CNC(=O)N1CCOCC1. The molecule has 1 saturated heterocycles. The fourth-order valence-electron chi connectivity index (χ4n) is 1.21. The molecule has 0 bridgehead atoms. The zero-order valence-electron chi connectivity index (χ0n) is 9.25. The van der Waals surface area contributed by atoms with Crippen molar-refractivity contribution < 1.29 is 9.53 Å². The normalized spacial score (nSPS) is 17.0. The smallest absolute Gasteiger partial charge is 0.317 e. The molecule has 0 aromatic carbocycles. The third-order valence-corrected chi connectivity index (χ3v) is 2.28. The summed E-state index contributed by atoms with van der Waals surface area (Å²) in [4.78, 5) is 13.3. The lowest BCUT2D eigenvalue weighted by molar-refractivity contribution is 0.0529. The summed E-state index contributed by atoms with van der Waals surface area (Å²) in [6.45, 7) is 6.40. The van der Waals surface area contributed by atoms with Crippen molar-refractivity contribution in [3.8, 4) is 6.07 Å². The highest BCUT2D eigenvalue weighted by Gasteiger charge is 2.21. The van der Waals surface area contributed by atoms with Gasteiger partial charge in [-0.25, -0.2) is 4.79 Å². The second kappa shape index (κ2) is 4.99. The van der Waals surface area contributed by atoms with Gasteiger partial charge < -0.3 is 15.0 Å². The highest BCUT2D eigenvalue weighted by molar-refractivity contribution is 5.74. The number of hydrogen-bond donors (Lipinski definition) is 1. The van der Waals surface area contributed by atoms with Gasteiger partial charge in [0.15, 0.2) is 0 Å². The Balaban J connectivity index is 2.32. The molecular weight excluding hydrogens is 194 g/mol. The molecule has 1 rings (SSSR count). The Morgan fingerprint density at radius 1 is 1.53 bits per heavy atom. The number of nitrogens with one attached hydrogen (secondary N) is 1. The molecule has 1 N–H and O–H groups in total. The Hall–Kier alpha value is -1.28.